The van der Waals surface area contributed by atoms with E-state index in [1.54, 1.807) is 0 Å². The molecular weight excluding hydrogens is 252 g/mol. The largest absolute Gasteiger partial charge is 0.376 e. The Kier molecular flexibility index (Phi) is 3.74. The SMILES string of the molecule is CC1OCCC1NC(=O)CCc1c[nH]c2ccccc12. The fourth-order valence-corrected chi connectivity index (χ4v) is 2.79. The van der Waals surface area contributed by atoms with Crippen LogP contribution < -0.4 is 5.32 Å². The van der Waals surface area contributed by atoms with Crippen LogP contribution in [0.1, 0.15) is 25.3 Å². The number of rotatable bonds is 4. The van der Waals surface area contributed by atoms with E-state index in [9.17, 15) is 4.79 Å². The first-order valence-electron chi connectivity index (χ1n) is 7.20. The van der Waals surface area contributed by atoms with E-state index < -0.39 is 0 Å². The van der Waals surface area contributed by atoms with Gasteiger partial charge in [-0.3, -0.25) is 4.79 Å². The number of hydrogen-bond donors (Lipinski definition) is 2. The van der Waals surface area contributed by atoms with Crippen LogP contribution in [0.5, 0.6) is 0 Å². The Labute approximate surface area is 118 Å². The smallest absolute Gasteiger partial charge is 0.220 e. The maximum atomic E-state index is 12.0. The molecule has 1 aromatic carbocycles. The molecule has 2 heterocycles. The first kappa shape index (κ1) is 13.2. The van der Waals surface area contributed by atoms with Crippen molar-refractivity contribution in [1.29, 1.82) is 0 Å². The van der Waals surface area contributed by atoms with Crippen LogP contribution in [0.3, 0.4) is 0 Å². The van der Waals surface area contributed by atoms with Gasteiger partial charge in [0.25, 0.3) is 0 Å². The summed E-state index contributed by atoms with van der Waals surface area (Å²) in [5.41, 5.74) is 2.33. The van der Waals surface area contributed by atoms with E-state index in [0.29, 0.717) is 6.42 Å². The molecule has 3 rings (SSSR count). The Hall–Kier alpha value is -1.81. The number of fused-ring (bicyclic) bond motifs is 1. The van der Waals surface area contributed by atoms with Gasteiger partial charge >= 0.3 is 0 Å². The van der Waals surface area contributed by atoms with Gasteiger partial charge in [0.15, 0.2) is 0 Å². The molecular formula is C16H20N2O2. The molecule has 2 N–H and O–H groups in total. The minimum atomic E-state index is 0.109. The predicted molar refractivity (Wildman–Crippen MR) is 78.6 cm³/mol. The Bertz CT molecular complexity index is 605. The van der Waals surface area contributed by atoms with Gasteiger partial charge in [0.2, 0.25) is 5.91 Å². The monoisotopic (exact) mass is 272 g/mol. The van der Waals surface area contributed by atoms with Crippen LogP contribution >= 0.6 is 0 Å². The van der Waals surface area contributed by atoms with Gasteiger partial charge < -0.3 is 15.0 Å². The molecule has 4 nitrogen and oxygen atoms in total. The van der Waals surface area contributed by atoms with E-state index >= 15 is 0 Å². The van der Waals surface area contributed by atoms with Gasteiger partial charge in [0, 0.05) is 30.1 Å². The normalized spacial score (nSPS) is 22.2. The standard InChI is InChI=1S/C16H20N2O2/c1-11-14(8-9-20-11)18-16(19)7-6-12-10-17-15-5-3-2-4-13(12)15/h2-5,10-11,14,17H,6-9H2,1H3,(H,18,19). The summed E-state index contributed by atoms with van der Waals surface area (Å²) in [4.78, 5) is 15.2. The van der Waals surface area contributed by atoms with E-state index in [-0.39, 0.29) is 18.1 Å². The van der Waals surface area contributed by atoms with Gasteiger partial charge in [-0.25, -0.2) is 0 Å². The molecule has 4 heteroatoms. The van der Waals surface area contributed by atoms with Crippen LogP contribution in [0, 0.1) is 0 Å². The molecule has 1 aliphatic heterocycles. The van der Waals surface area contributed by atoms with Gasteiger partial charge in [-0.05, 0) is 31.4 Å². The second-order valence-electron chi connectivity index (χ2n) is 5.40. The molecule has 1 aromatic heterocycles. The van der Waals surface area contributed by atoms with Crippen molar-refractivity contribution in [2.45, 2.75) is 38.3 Å². The number of carbonyl (C=O) groups excluding carboxylic acids is 1. The number of ether oxygens (including phenoxy) is 1. The van der Waals surface area contributed by atoms with E-state index in [1.807, 2.05) is 25.3 Å². The average molecular weight is 272 g/mol. The number of aromatic amines is 1. The number of benzene rings is 1. The average Bonchev–Trinajstić information content (AvgIpc) is 3.04. The number of hydrogen-bond acceptors (Lipinski definition) is 2. The van der Waals surface area contributed by atoms with E-state index in [2.05, 4.69) is 22.4 Å². The zero-order chi connectivity index (χ0) is 13.9. The topological polar surface area (TPSA) is 54.1 Å². The van der Waals surface area contributed by atoms with Gasteiger partial charge in [-0.1, -0.05) is 18.2 Å². The zero-order valence-corrected chi connectivity index (χ0v) is 11.7. The van der Waals surface area contributed by atoms with Gasteiger partial charge in [-0.2, -0.15) is 0 Å². The molecule has 0 bridgehead atoms. The lowest BCUT2D eigenvalue weighted by atomic mass is 10.1. The zero-order valence-electron chi connectivity index (χ0n) is 11.7. The van der Waals surface area contributed by atoms with Gasteiger partial charge in [0.05, 0.1) is 12.1 Å². The Morgan fingerprint density at radius 3 is 3.10 bits per heavy atom. The lowest BCUT2D eigenvalue weighted by Gasteiger charge is -2.15. The van der Waals surface area contributed by atoms with Crippen molar-refractivity contribution in [3.8, 4) is 0 Å². The minimum absolute atomic E-state index is 0.109. The maximum absolute atomic E-state index is 12.0. The molecule has 1 saturated heterocycles. The van der Waals surface area contributed by atoms with Crippen molar-refractivity contribution < 1.29 is 9.53 Å². The van der Waals surface area contributed by atoms with Crippen LogP contribution in [0.15, 0.2) is 30.5 Å². The minimum Gasteiger partial charge on any atom is -0.376 e. The Morgan fingerprint density at radius 2 is 2.30 bits per heavy atom. The number of amides is 1. The highest BCUT2D eigenvalue weighted by Crippen LogP contribution is 2.19. The first-order valence-corrected chi connectivity index (χ1v) is 7.20. The third-order valence-corrected chi connectivity index (χ3v) is 4.02. The summed E-state index contributed by atoms with van der Waals surface area (Å²) in [7, 11) is 0. The number of para-hydroxylation sites is 1. The van der Waals surface area contributed by atoms with E-state index in [1.165, 1.54) is 10.9 Å². The van der Waals surface area contributed by atoms with Crippen molar-refractivity contribution in [3.05, 3.63) is 36.0 Å². The number of aryl methyl sites for hydroxylation is 1. The van der Waals surface area contributed by atoms with Crippen molar-refractivity contribution in [2.75, 3.05) is 6.61 Å². The molecule has 0 radical (unpaired) electrons. The molecule has 20 heavy (non-hydrogen) atoms. The summed E-state index contributed by atoms with van der Waals surface area (Å²) in [5.74, 6) is 0.109. The van der Waals surface area contributed by atoms with Crippen LogP contribution in [-0.2, 0) is 16.0 Å². The highest BCUT2D eigenvalue weighted by atomic mass is 16.5. The maximum Gasteiger partial charge on any atom is 0.220 e. The fraction of sp³-hybridized carbons (Fsp3) is 0.438. The quantitative estimate of drug-likeness (QED) is 0.898. The summed E-state index contributed by atoms with van der Waals surface area (Å²) in [5, 5.41) is 4.27. The number of nitrogens with one attached hydrogen (secondary N) is 2. The molecule has 1 fully saturated rings. The fourth-order valence-electron chi connectivity index (χ4n) is 2.79. The summed E-state index contributed by atoms with van der Waals surface area (Å²) < 4.78 is 5.45. The molecule has 2 aromatic rings. The van der Waals surface area contributed by atoms with Crippen LogP contribution in [-0.4, -0.2) is 29.6 Å². The lowest BCUT2D eigenvalue weighted by molar-refractivity contribution is -0.122. The van der Waals surface area contributed by atoms with Gasteiger partial charge in [0.1, 0.15) is 0 Å². The highest BCUT2D eigenvalue weighted by molar-refractivity contribution is 5.84. The van der Waals surface area contributed by atoms with Crippen molar-refractivity contribution in [2.24, 2.45) is 0 Å². The summed E-state index contributed by atoms with van der Waals surface area (Å²) in [6.45, 7) is 2.76. The molecule has 0 aliphatic carbocycles. The third-order valence-electron chi connectivity index (χ3n) is 4.02. The summed E-state index contributed by atoms with van der Waals surface area (Å²) in [6.07, 6.45) is 4.33. The molecule has 106 valence electrons. The van der Waals surface area contributed by atoms with Crippen molar-refractivity contribution >= 4 is 16.8 Å². The van der Waals surface area contributed by atoms with Gasteiger partial charge in [-0.15, -0.1) is 0 Å². The second kappa shape index (κ2) is 5.67. The second-order valence-corrected chi connectivity index (χ2v) is 5.40. The molecule has 0 spiro atoms. The molecule has 1 amide bonds. The molecule has 1 aliphatic rings. The molecule has 2 unspecified atom stereocenters. The number of carbonyl (C=O) groups is 1. The van der Waals surface area contributed by atoms with Crippen molar-refractivity contribution in [1.82, 2.24) is 10.3 Å². The summed E-state index contributed by atoms with van der Waals surface area (Å²) in [6, 6.07) is 8.35. The van der Waals surface area contributed by atoms with E-state index in [0.717, 1.165) is 25.0 Å². The predicted octanol–water partition coefficient (Wildman–Crippen LogP) is 2.39. The first-order chi connectivity index (χ1) is 9.74. The summed E-state index contributed by atoms with van der Waals surface area (Å²) >= 11 is 0. The lowest BCUT2D eigenvalue weighted by Crippen LogP contribution is -2.39. The molecule has 0 saturated carbocycles. The Balaban J connectivity index is 1.57. The Morgan fingerprint density at radius 1 is 1.45 bits per heavy atom. The number of H-pyrrole nitrogens is 1. The highest BCUT2D eigenvalue weighted by Gasteiger charge is 2.25. The molecule has 2 atom stereocenters. The van der Waals surface area contributed by atoms with E-state index in [4.69, 9.17) is 4.74 Å². The van der Waals surface area contributed by atoms with Crippen LogP contribution in [0.2, 0.25) is 0 Å². The third kappa shape index (κ3) is 2.70. The van der Waals surface area contributed by atoms with Crippen LogP contribution in [0.4, 0.5) is 0 Å². The number of aromatic nitrogens is 1. The van der Waals surface area contributed by atoms with Crippen LogP contribution in [0.25, 0.3) is 10.9 Å². The van der Waals surface area contributed by atoms with Crippen molar-refractivity contribution in [3.63, 3.8) is 0 Å².